The van der Waals surface area contributed by atoms with Crippen LogP contribution in [-0.2, 0) is 9.59 Å². The number of aliphatic carboxylic acids is 1. The Morgan fingerprint density at radius 3 is 2.57 bits per heavy atom. The highest BCUT2D eigenvalue weighted by atomic mass is 35.5. The number of amides is 1. The molecule has 2 N–H and O–H groups in total. The lowest BCUT2D eigenvalue weighted by molar-refractivity contribution is -0.384. The van der Waals surface area contributed by atoms with E-state index in [0.717, 1.165) is 0 Å². The Morgan fingerprint density at radius 1 is 1.33 bits per heavy atom. The highest BCUT2D eigenvalue weighted by molar-refractivity contribution is 6.33. The number of hydrogen-bond acceptors (Lipinski definition) is 4. The van der Waals surface area contributed by atoms with E-state index >= 15 is 0 Å². The van der Waals surface area contributed by atoms with Gasteiger partial charge in [0.25, 0.3) is 5.69 Å². The second-order valence-corrected chi connectivity index (χ2v) is 5.36. The van der Waals surface area contributed by atoms with E-state index in [2.05, 4.69) is 5.32 Å². The van der Waals surface area contributed by atoms with Gasteiger partial charge in [0.2, 0.25) is 5.91 Å². The molecule has 0 spiro atoms. The fourth-order valence-corrected chi connectivity index (χ4v) is 2.57. The molecule has 2 atom stereocenters. The van der Waals surface area contributed by atoms with Crippen molar-refractivity contribution < 1.29 is 19.6 Å². The van der Waals surface area contributed by atoms with Gasteiger partial charge in [-0.3, -0.25) is 19.7 Å². The molecule has 0 saturated heterocycles. The summed E-state index contributed by atoms with van der Waals surface area (Å²) in [6, 6.07) is 3.77. The van der Waals surface area contributed by atoms with E-state index in [4.69, 9.17) is 16.7 Å². The second-order valence-electron chi connectivity index (χ2n) is 4.96. The van der Waals surface area contributed by atoms with Gasteiger partial charge in [0, 0.05) is 18.1 Å². The molecule has 1 aromatic rings. The van der Waals surface area contributed by atoms with Gasteiger partial charge in [-0.2, -0.15) is 0 Å². The summed E-state index contributed by atoms with van der Waals surface area (Å²) in [6.07, 6.45) is 1.21. The number of benzene rings is 1. The zero-order chi connectivity index (χ0) is 15.6. The first-order valence-corrected chi connectivity index (χ1v) is 6.74. The number of nitrogens with zero attached hydrogens (tertiary/aromatic N) is 1. The van der Waals surface area contributed by atoms with Gasteiger partial charge in [-0.25, -0.2) is 0 Å². The lowest BCUT2D eigenvalue weighted by atomic mass is 10.0. The molecule has 0 bridgehead atoms. The lowest BCUT2D eigenvalue weighted by Crippen LogP contribution is -2.21. The molecule has 1 aromatic carbocycles. The van der Waals surface area contributed by atoms with Crippen molar-refractivity contribution in [1.82, 2.24) is 0 Å². The van der Waals surface area contributed by atoms with E-state index in [1.807, 2.05) is 0 Å². The first-order valence-electron chi connectivity index (χ1n) is 6.36. The number of anilines is 1. The summed E-state index contributed by atoms with van der Waals surface area (Å²) in [5.41, 5.74) is -0.0147. The largest absolute Gasteiger partial charge is 0.481 e. The van der Waals surface area contributed by atoms with Crippen LogP contribution < -0.4 is 5.32 Å². The van der Waals surface area contributed by atoms with Crippen molar-refractivity contribution in [3.05, 3.63) is 33.3 Å². The molecule has 0 heterocycles. The van der Waals surface area contributed by atoms with Gasteiger partial charge in [-0.15, -0.1) is 0 Å². The van der Waals surface area contributed by atoms with E-state index in [9.17, 15) is 19.7 Å². The van der Waals surface area contributed by atoms with Crippen LogP contribution in [0, 0.1) is 22.0 Å². The predicted molar refractivity (Wildman–Crippen MR) is 75.2 cm³/mol. The average molecular weight is 313 g/mol. The Hall–Kier alpha value is -2.15. The number of non-ortho nitro benzene ring substituents is 1. The number of carbonyl (C=O) groups excluding carboxylic acids is 1. The lowest BCUT2D eigenvalue weighted by Gasteiger charge is -2.11. The molecule has 0 aliphatic heterocycles. The van der Waals surface area contributed by atoms with E-state index in [1.54, 1.807) is 0 Å². The van der Waals surface area contributed by atoms with Crippen LogP contribution >= 0.6 is 11.6 Å². The van der Waals surface area contributed by atoms with E-state index in [1.165, 1.54) is 18.2 Å². The summed E-state index contributed by atoms with van der Waals surface area (Å²) in [5.74, 6) is -2.19. The van der Waals surface area contributed by atoms with Crippen LogP contribution in [0.25, 0.3) is 0 Å². The van der Waals surface area contributed by atoms with Crippen molar-refractivity contribution in [2.75, 3.05) is 5.32 Å². The molecule has 112 valence electrons. The molecule has 0 aromatic heterocycles. The highest BCUT2D eigenvalue weighted by Gasteiger charge is 2.34. The molecule has 1 saturated carbocycles. The SMILES string of the molecule is O=C(O)[C@H]1CC[C@@H](C(=O)Nc2cc([N+](=O)[O-])ccc2Cl)C1. The summed E-state index contributed by atoms with van der Waals surface area (Å²) < 4.78 is 0. The molecule has 1 aliphatic carbocycles. The van der Waals surface area contributed by atoms with Crippen LogP contribution in [0.15, 0.2) is 18.2 Å². The number of nitro benzene ring substituents is 1. The van der Waals surface area contributed by atoms with Gasteiger partial charge in [-0.05, 0) is 25.3 Å². The Balaban J connectivity index is 2.08. The van der Waals surface area contributed by atoms with Crippen LogP contribution in [0.1, 0.15) is 19.3 Å². The van der Waals surface area contributed by atoms with Crippen molar-refractivity contribution in [2.24, 2.45) is 11.8 Å². The smallest absolute Gasteiger partial charge is 0.306 e. The van der Waals surface area contributed by atoms with Gasteiger partial charge in [-0.1, -0.05) is 11.6 Å². The van der Waals surface area contributed by atoms with Crippen molar-refractivity contribution in [2.45, 2.75) is 19.3 Å². The number of halogens is 1. The van der Waals surface area contributed by atoms with Crippen molar-refractivity contribution in [1.29, 1.82) is 0 Å². The molecular formula is C13H13ClN2O5. The van der Waals surface area contributed by atoms with Crippen LogP contribution in [-0.4, -0.2) is 21.9 Å². The van der Waals surface area contributed by atoms with Crippen molar-refractivity contribution in [3.63, 3.8) is 0 Å². The molecule has 2 rings (SSSR count). The first kappa shape index (κ1) is 15.2. The fourth-order valence-electron chi connectivity index (χ4n) is 2.40. The minimum atomic E-state index is -0.904. The monoisotopic (exact) mass is 312 g/mol. The summed E-state index contributed by atoms with van der Waals surface area (Å²) in [4.78, 5) is 33.1. The Bertz CT molecular complexity index is 604. The highest BCUT2D eigenvalue weighted by Crippen LogP contribution is 2.33. The topological polar surface area (TPSA) is 110 Å². The molecule has 1 amide bonds. The molecule has 0 unspecified atom stereocenters. The number of nitrogens with one attached hydrogen (secondary N) is 1. The molecule has 8 heteroatoms. The summed E-state index contributed by atoms with van der Waals surface area (Å²) in [6.45, 7) is 0. The third-order valence-electron chi connectivity index (χ3n) is 3.57. The van der Waals surface area contributed by atoms with Gasteiger partial charge in [0.05, 0.1) is 21.6 Å². The maximum Gasteiger partial charge on any atom is 0.306 e. The van der Waals surface area contributed by atoms with Crippen molar-refractivity contribution >= 4 is 34.9 Å². The normalized spacial score (nSPS) is 21.0. The van der Waals surface area contributed by atoms with Crippen LogP contribution in [0.2, 0.25) is 5.02 Å². The zero-order valence-electron chi connectivity index (χ0n) is 10.9. The minimum Gasteiger partial charge on any atom is -0.481 e. The number of nitro groups is 1. The van der Waals surface area contributed by atoms with Gasteiger partial charge >= 0.3 is 5.97 Å². The summed E-state index contributed by atoms with van der Waals surface area (Å²) >= 11 is 5.90. The van der Waals surface area contributed by atoms with E-state index < -0.39 is 22.7 Å². The van der Waals surface area contributed by atoms with Gasteiger partial charge in [0.1, 0.15) is 0 Å². The third-order valence-corrected chi connectivity index (χ3v) is 3.90. The molecule has 1 aliphatic rings. The number of rotatable bonds is 4. The maximum atomic E-state index is 12.1. The predicted octanol–water partition coefficient (Wildman–Crippen LogP) is 2.69. The van der Waals surface area contributed by atoms with Crippen molar-refractivity contribution in [3.8, 4) is 0 Å². The number of carboxylic acid groups (broad SMARTS) is 1. The van der Waals surface area contributed by atoms with Gasteiger partial charge in [0.15, 0.2) is 0 Å². The standard InChI is InChI=1S/C13H13ClN2O5/c14-10-4-3-9(16(20)21)6-11(10)15-12(17)7-1-2-8(5-7)13(18)19/h3-4,6-8H,1-2,5H2,(H,15,17)(H,18,19)/t7-,8+/m1/s1. The first-order chi connectivity index (χ1) is 9.88. The molecule has 7 nitrogen and oxygen atoms in total. The average Bonchev–Trinajstić information content (AvgIpc) is 2.90. The van der Waals surface area contributed by atoms with Gasteiger partial charge < -0.3 is 10.4 Å². The Morgan fingerprint density at radius 2 is 2.00 bits per heavy atom. The molecule has 0 radical (unpaired) electrons. The number of hydrogen-bond donors (Lipinski definition) is 2. The molecule has 21 heavy (non-hydrogen) atoms. The van der Waals surface area contributed by atoms with E-state index in [-0.39, 0.29) is 28.7 Å². The molecular weight excluding hydrogens is 300 g/mol. The quantitative estimate of drug-likeness (QED) is 0.656. The fraction of sp³-hybridized carbons (Fsp3) is 0.385. The number of carbonyl (C=O) groups is 2. The second kappa shape index (κ2) is 6.09. The molecule has 1 fully saturated rings. The minimum absolute atomic E-state index is 0.162. The van der Waals surface area contributed by atoms with E-state index in [0.29, 0.717) is 12.8 Å². The van der Waals surface area contributed by atoms with Crippen LogP contribution in [0.5, 0.6) is 0 Å². The third kappa shape index (κ3) is 3.49. The van der Waals surface area contributed by atoms with Crippen LogP contribution in [0.4, 0.5) is 11.4 Å². The summed E-state index contributed by atoms with van der Waals surface area (Å²) in [7, 11) is 0. The Labute approximate surface area is 125 Å². The number of carboxylic acids is 1. The zero-order valence-corrected chi connectivity index (χ0v) is 11.7. The summed E-state index contributed by atoms with van der Waals surface area (Å²) in [5, 5.41) is 22.4. The van der Waals surface area contributed by atoms with Crippen LogP contribution in [0.3, 0.4) is 0 Å². The maximum absolute atomic E-state index is 12.1. The Kier molecular flexibility index (Phi) is 4.42.